The summed E-state index contributed by atoms with van der Waals surface area (Å²) in [7, 11) is 0. The van der Waals surface area contributed by atoms with Crippen molar-refractivity contribution in [2.45, 2.75) is 12.8 Å². The molecule has 110 valence electrons. The topological polar surface area (TPSA) is 118 Å². The van der Waals surface area contributed by atoms with Gasteiger partial charge in [0.2, 0.25) is 0 Å². The van der Waals surface area contributed by atoms with Gasteiger partial charge in [-0.1, -0.05) is 0 Å². The minimum absolute atomic E-state index is 0.0242. The Hall–Kier alpha value is -2.77. The van der Waals surface area contributed by atoms with Crippen LogP contribution in [0.25, 0.3) is 0 Å². The van der Waals surface area contributed by atoms with E-state index in [0.717, 1.165) is 30.9 Å². The van der Waals surface area contributed by atoms with Gasteiger partial charge in [-0.2, -0.15) is 5.10 Å². The molecule has 0 saturated heterocycles. The number of carbonyl (C=O) groups is 1. The number of nitrogens with one attached hydrogen (secondary N) is 3. The molecule has 8 nitrogen and oxygen atoms in total. The molecule has 0 spiro atoms. The fourth-order valence-corrected chi connectivity index (χ4v) is 2.13. The third kappa shape index (κ3) is 3.04. The lowest BCUT2D eigenvalue weighted by atomic mass is 10.2. The fourth-order valence-electron chi connectivity index (χ4n) is 2.13. The summed E-state index contributed by atoms with van der Waals surface area (Å²) in [6.07, 6.45) is 3.18. The number of rotatable bonds is 5. The first-order chi connectivity index (χ1) is 10.2. The summed E-state index contributed by atoms with van der Waals surface area (Å²) >= 11 is 0. The summed E-state index contributed by atoms with van der Waals surface area (Å²) in [5.74, 6) is 1.29. The number of benzene rings is 1. The molecule has 3 rings (SSSR count). The zero-order valence-electron chi connectivity index (χ0n) is 11.3. The maximum atomic E-state index is 11.3. The number of nitrogens with two attached hydrogens (primary N) is 1. The molecular formula is C13H16N6O2. The SMILES string of the molecule is Nc1cc2c(cc1NCCCc1ncn[nH]1)NC(=O)CO2. The molecule has 2 aromatic rings. The highest BCUT2D eigenvalue weighted by Gasteiger charge is 2.17. The van der Waals surface area contributed by atoms with Crippen molar-refractivity contribution in [3.63, 3.8) is 0 Å². The number of hydrogen-bond acceptors (Lipinski definition) is 6. The average Bonchev–Trinajstić information content (AvgIpc) is 2.97. The molecule has 1 aliphatic heterocycles. The van der Waals surface area contributed by atoms with Crippen LogP contribution in [0.2, 0.25) is 0 Å². The highest BCUT2D eigenvalue weighted by atomic mass is 16.5. The number of H-pyrrole nitrogens is 1. The first-order valence-electron chi connectivity index (χ1n) is 6.66. The first-order valence-corrected chi connectivity index (χ1v) is 6.66. The Morgan fingerprint density at radius 1 is 1.43 bits per heavy atom. The molecule has 1 aromatic heterocycles. The standard InChI is InChI=1S/C13H16N6O2/c14-8-4-11-10(18-13(20)6-21-11)5-9(8)15-3-1-2-12-16-7-17-19-12/h4-5,7,15H,1-3,6,14H2,(H,18,20)(H,16,17,19). The van der Waals surface area contributed by atoms with Crippen molar-refractivity contribution < 1.29 is 9.53 Å². The molecule has 1 aromatic carbocycles. The molecule has 0 fully saturated rings. The minimum atomic E-state index is -0.163. The van der Waals surface area contributed by atoms with Crippen molar-refractivity contribution in [2.75, 3.05) is 29.5 Å². The second kappa shape index (κ2) is 5.70. The molecule has 0 unspecified atom stereocenters. The Bertz CT molecular complexity index is 640. The monoisotopic (exact) mass is 288 g/mol. The fraction of sp³-hybridized carbons (Fsp3) is 0.308. The van der Waals surface area contributed by atoms with E-state index in [1.54, 1.807) is 12.1 Å². The molecule has 8 heteroatoms. The average molecular weight is 288 g/mol. The van der Waals surface area contributed by atoms with Crippen molar-refractivity contribution in [3.8, 4) is 5.75 Å². The number of ether oxygens (including phenoxy) is 1. The summed E-state index contributed by atoms with van der Waals surface area (Å²) in [5.41, 5.74) is 7.97. The normalized spacial score (nSPS) is 13.2. The summed E-state index contributed by atoms with van der Waals surface area (Å²) in [4.78, 5) is 15.4. The molecule has 21 heavy (non-hydrogen) atoms. The van der Waals surface area contributed by atoms with Crippen LogP contribution in [0.1, 0.15) is 12.2 Å². The second-order valence-corrected chi connectivity index (χ2v) is 4.73. The predicted molar refractivity (Wildman–Crippen MR) is 78.2 cm³/mol. The van der Waals surface area contributed by atoms with Crippen LogP contribution in [0.4, 0.5) is 17.1 Å². The largest absolute Gasteiger partial charge is 0.482 e. The van der Waals surface area contributed by atoms with Gasteiger partial charge in [-0.3, -0.25) is 9.89 Å². The maximum absolute atomic E-state index is 11.3. The molecule has 1 amide bonds. The smallest absolute Gasteiger partial charge is 0.262 e. The Kier molecular flexibility index (Phi) is 3.59. The van der Waals surface area contributed by atoms with Crippen molar-refractivity contribution in [2.24, 2.45) is 0 Å². The van der Waals surface area contributed by atoms with E-state index >= 15 is 0 Å². The van der Waals surface area contributed by atoms with Gasteiger partial charge >= 0.3 is 0 Å². The number of nitrogens with zero attached hydrogens (tertiary/aromatic N) is 2. The van der Waals surface area contributed by atoms with Gasteiger partial charge < -0.3 is 21.1 Å². The van der Waals surface area contributed by atoms with E-state index in [9.17, 15) is 4.79 Å². The first kappa shape index (κ1) is 13.2. The molecule has 1 aliphatic rings. The van der Waals surface area contributed by atoms with Gasteiger partial charge in [0.05, 0.1) is 17.1 Å². The van der Waals surface area contributed by atoms with E-state index in [1.807, 2.05) is 0 Å². The van der Waals surface area contributed by atoms with Gasteiger partial charge in [-0.15, -0.1) is 0 Å². The van der Waals surface area contributed by atoms with Gasteiger partial charge in [0.25, 0.3) is 5.91 Å². The van der Waals surface area contributed by atoms with Crippen molar-refractivity contribution in [1.29, 1.82) is 0 Å². The highest BCUT2D eigenvalue weighted by molar-refractivity contribution is 5.97. The van der Waals surface area contributed by atoms with Crippen LogP contribution in [0.15, 0.2) is 18.5 Å². The third-order valence-corrected chi connectivity index (χ3v) is 3.16. The number of aryl methyl sites for hydroxylation is 1. The predicted octanol–water partition coefficient (Wildman–Crippen LogP) is 0.762. The maximum Gasteiger partial charge on any atom is 0.262 e. The lowest BCUT2D eigenvalue weighted by Crippen LogP contribution is -2.25. The summed E-state index contributed by atoms with van der Waals surface area (Å²) < 4.78 is 5.31. The van der Waals surface area contributed by atoms with Crippen molar-refractivity contribution in [1.82, 2.24) is 15.2 Å². The van der Waals surface area contributed by atoms with Crippen LogP contribution in [-0.4, -0.2) is 34.2 Å². The van der Waals surface area contributed by atoms with E-state index in [2.05, 4.69) is 25.8 Å². The summed E-state index contributed by atoms with van der Waals surface area (Å²) in [6, 6.07) is 3.50. The molecule has 5 N–H and O–H groups in total. The lowest BCUT2D eigenvalue weighted by Gasteiger charge is -2.20. The van der Waals surface area contributed by atoms with E-state index in [4.69, 9.17) is 10.5 Å². The molecule has 0 radical (unpaired) electrons. The second-order valence-electron chi connectivity index (χ2n) is 4.73. The zero-order valence-corrected chi connectivity index (χ0v) is 11.3. The van der Waals surface area contributed by atoms with Crippen LogP contribution in [0.3, 0.4) is 0 Å². The van der Waals surface area contributed by atoms with Crippen LogP contribution in [0.5, 0.6) is 5.75 Å². The Morgan fingerprint density at radius 2 is 2.33 bits per heavy atom. The molecule has 0 aliphatic carbocycles. The van der Waals surface area contributed by atoms with Crippen LogP contribution >= 0.6 is 0 Å². The molecule has 0 saturated carbocycles. The highest BCUT2D eigenvalue weighted by Crippen LogP contribution is 2.35. The van der Waals surface area contributed by atoms with Crippen LogP contribution in [0, 0.1) is 0 Å². The van der Waals surface area contributed by atoms with E-state index in [0.29, 0.717) is 17.1 Å². The number of fused-ring (bicyclic) bond motifs is 1. The molecule has 0 atom stereocenters. The zero-order chi connectivity index (χ0) is 14.7. The summed E-state index contributed by atoms with van der Waals surface area (Å²) in [5, 5.41) is 12.6. The van der Waals surface area contributed by atoms with Crippen molar-refractivity contribution >= 4 is 23.0 Å². The van der Waals surface area contributed by atoms with Gasteiger partial charge in [-0.05, 0) is 12.5 Å². The number of carbonyl (C=O) groups excluding carboxylic acids is 1. The van der Waals surface area contributed by atoms with Gasteiger partial charge in [0.15, 0.2) is 6.61 Å². The lowest BCUT2D eigenvalue weighted by molar-refractivity contribution is -0.118. The van der Waals surface area contributed by atoms with Crippen molar-refractivity contribution in [3.05, 3.63) is 24.3 Å². The van der Waals surface area contributed by atoms with E-state index in [1.165, 1.54) is 6.33 Å². The quantitative estimate of drug-likeness (QED) is 0.476. The van der Waals surface area contributed by atoms with Gasteiger partial charge in [0.1, 0.15) is 17.9 Å². The number of aromatic nitrogens is 3. The molecule has 2 heterocycles. The Morgan fingerprint density at radius 3 is 3.14 bits per heavy atom. The van der Waals surface area contributed by atoms with Crippen LogP contribution < -0.4 is 21.1 Å². The Labute approximate surface area is 121 Å². The number of nitrogen functional groups attached to an aromatic ring is 1. The molecule has 0 bridgehead atoms. The minimum Gasteiger partial charge on any atom is -0.482 e. The Balaban J connectivity index is 1.60. The van der Waals surface area contributed by atoms with E-state index in [-0.39, 0.29) is 12.5 Å². The number of aromatic amines is 1. The van der Waals surface area contributed by atoms with Gasteiger partial charge in [0, 0.05) is 19.0 Å². The number of hydrogen-bond donors (Lipinski definition) is 4. The van der Waals surface area contributed by atoms with Gasteiger partial charge in [-0.25, -0.2) is 4.98 Å². The molecular weight excluding hydrogens is 272 g/mol. The third-order valence-electron chi connectivity index (χ3n) is 3.16. The summed E-state index contributed by atoms with van der Waals surface area (Å²) in [6.45, 7) is 0.759. The van der Waals surface area contributed by atoms with Crippen LogP contribution in [-0.2, 0) is 11.2 Å². The van der Waals surface area contributed by atoms with E-state index < -0.39 is 0 Å². The number of amides is 1. The number of anilines is 3.